The van der Waals surface area contributed by atoms with Crippen LogP contribution in [0.3, 0.4) is 0 Å². The molecule has 0 unspecified atom stereocenters. The molecule has 0 fully saturated rings. The number of carbonyl (C=O) groups is 1. The van der Waals surface area contributed by atoms with Crippen LogP contribution in [0.4, 0.5) is 5.69 Å². The van der Waals surface area contributed by atoms with E-state index >= 15 is 0 Å². The van der Waals surface area contributed by atoms with E-state index in [9.17, 15) is 4.79 Å². The fourth-order valence-corrected chi connectivity index (χ4v) is 3.06. The Labute approximate surface area is 125 Å². The molecule has 0 aliphatic heterocycles. The first-order valence-electron chi connectivity index (χ1n) is 5.76. The van der Waals surface area contributed by atoms with Gasteiger partial charge in [0.2, 0.25) is 5.91 Å². The third kappa shape index (κ3) is 3.20. The molecule has 104 valence electrons. The lowest BCUT2D eigenvalue weighted by Gasteiger charge is -2.10. The summed E-state index contributed by atoms with van der Waals surface area (Å²) < 4.78 is 0. The highest BCUT2D eigenvalue weighted by atomic mass is 35.5. The zero-order chi connectivity index (χ0) is 14.9. The number of aryl methyl sites for hydroxylation is 2. The van der Waals surface area contributed by atoms with Crippen molar-refractivity contribution in [2.45, 2.75) is 23.9 Å². The fraction of sp³-hybridized carbons (Fsp3) is 0.154. The lowest BCUT2D eigenvalue weighted by atomic mass is 10.2. The molecule has 0 radical (unpaired) electrons. The number of rotatable bonds is 3. The highest BCUT2D eigenvalue weighted by molar-refractivity contribution is 7.99. The van der Waals surface area contributed by atoms with E-state index in [0.717, 1.165) is 11.4 Å². The molecule has 0 atom stereocenters. The molecular weight excluding hydrogens is 296 g/mol. The average molecular weight is 309 g/mol. The van der Waals surface area contributed by atoms with Gasteiger partial charge in [0.05, 0.1) is 10.6 Å². The summed E-state index contributed by atoms with van der Waals surface area (Å²) in [6.07, 6.45) is 0. The maximum Gasteiger partial charge on any atom is 0.249 e. The summed E-state index contributed by atoms with van der Waals surface area (Å²) in [5.41, 5.74) is 13.4. The van der Waals surface area contributed by atoms with E-state index in [-0.39, 0.29) is 5.56 Å². The van der Waals surface area contributed by atoms with Crippen molar-refractivity contribution in [2.75, 3.05) is 5.73 Å². The minimum absolute atomic E-state index is 0.266. The molecule has 0 bridgehead atoms. The van der Waals surface area contributed by atoms with E-state index < -0.39 is 5.91 Å². The number of primary amides is 1. The van der Waals surface area contributed by atoms with Gasteiger partial charge in [-0.05, 0) is 43.8 Å². The number of anilines is 1. The molecule has 1 aromatic carbocycles. The third-order valence-electron chi connectivity index (χ3n) is 2.49. The SMILES string of the molecule is Cc1cc(C)nc(Sc2c(Cl)cc(N)cc2C(N)=O)n1. The van der Waals surface area contributed by atoms with Crippen LogP contribution in [0.15, 0.2) is 28.3 Å². The zero-order valence-corrected chi connectivity index (χ0v) is 12.5. The lowest BCUT2D eigenvalue weighted by molar-refractivity contribution is 0.0997. The molecule has 0 saturated heterocycles. The van der Waals surface area contributed by atoms with Gasteiger partial charge >= 0.3 is 0 Å². The standard InChI is InChI=1S/C13H13ClN4OS/c1-6-3-7(2)18-13(17-6)20-11-9(12(16)19)4-8(15)5-10(11)14/h3-5H,15H2,1-2H3,(H2,16,19). The number of hydrogen-bond donors (Lipinski definition) is 2. The van der Waals surface area contributed by atoms with Crippen molar-refractivity contribution in [1.29, 1.82) is 0 Å². The maximum atomic E-state index is 11.5. The van der Waals surface area contributed by atoms with Crippen molar-refractivity contribution in [3.8, 4) is 0 Å². The smallest absolute Gasteiger partial charge is 0.249 e. The molecule has 1 heterocycles. The summed E-state index contributed by atoms with van der Waals surface area (Å²) in [4.78, 5) is 20.6. The molecule has 20 heavy (non-hydrogen) atoms. The minimum atomic E-state index is -0.592. The number of amides is 1. The highest BCUT2D eigenvalue weighted by Crippen LogP contribution is 2.36. The van der Waals surface area contributed by atoms with Gasteiger partial charge in [-0.2, -0.15) is 0 Å². The van der Waals surface area contributed by atoms with Gasteiger partial charge in [0.15, 0.2) is 5.16 Å². The molecule has 0 aliphatic rings. The normalized spacial score (nSPS) is 10.6. The van der Waals surface area contributed by atoms with Gasteiger partial charge in [-0.15, -0.1) is 0 Å². The van der Waals surface area contributed by atoms with Crippen LogP contribution in [0.2, 0.25) is 5.02 Å². The summed E-state index contributed by atoms with van der Waals surface area (Å²) in [6, 6.07) is 4.93. The van der Waals surface area contributed by atoms with E-state index in [2.05, 4.69) is 9.97 Å². The maximum absolute atomic E-state index is 11.5. The molecule has 4 N–H and O–H groups in total. The van der Waals surface area contributed by atoms with Crippen LogP contribution in [-0.4, -0.2) is 15.9 Å². The first-order valence-corrected chi connectivity index (χ1v) is 6.95. The van der Waals surface area contributed by atoms with Crippen molar-refractivity contribution in [2.24, 2.45) is 5.73 Å². The predicted octanol–water partition coefficient (Wildman–Crippen LogP) is 2.58. The van der Waals surface area contributed by atoms with Gasteiger partial charge in [0.25, 0.3) is 0 Å². The number of nitrogens with two attached hydrogens (primary N) is 2. The lowest BCUT2D eigenvalue weighted by Crippen LogP contribution is -2.13. The van der Waals surface area contributed by atoms with Gasteiger partial charge in [-0.25, -0.2) is 9.97 Å². The summed E-state index contributed by atoms with van der Waals surface area (Å²) >= 11 is 7.34. The number of benzene rings is 1. The first kappa shape index (κ1) is 14.6. The summed E-state index contributed by atoms with van der Waals surface area (Å²) in [6.45, 7) is 3.75. The Kier molecular flexibility index (Phi) is 4.15. The molecule has 2 rings (SSSR count). The highest BCUT2D eigenvalue weighted by Gasteiger charge is 2.16. The first-order chi connectivity index (χ1) is 9.36. The number of hydrogen-bond acceptors (Lipinski definition) is 5. The van der Waals surface area contributed by atoms with Gasteiger partial charge in [-0.1, -0.05) is 11.6 Å². The molecule has 0 spiro atoms. The monoisotopic (exact) mass is 308 g/mol. The third-order valence-corrected chi connectivity index (χ3v) is 3.91. The van der Waals surface area contributed by atoms with Crippen molar-refractivity contribution in [3.05, 3.63) is 40.2 Å². The van der Waals surface area contributed by atoms with Crippen molar-refractivity contribution in [3.63, 3.8) is 0 Å². The van der Waals surface area contributed by atoms with Crippen LogP contribution >= 0.6 is 23.4 Å². The molecular formula is C13H13ClN4OS. The Balaban J connectivity index is 2.50. The quantitative estimate of drug-likeness (QED) is 0.671. The molecule has 0 saturated carbocycles. The molecule has 7 heteroatoms. The summed E-state index contributed by atoms with van der Waals surface area (Å²) in [5.74, 6) is -0.592. The largest absolute Gasteiger partial charge is 0.399 e. The van der Waals surface area contributed by atoms with Crippen molar-refractivity contribution < 1.29 is 4.79 Å². The van der Waals surface area contributed by atoms with Crippen molar-refractivity contribution >= 4 is 35.0 Å². The number of halogens is 1. The second kappa shape index (κ2) is 5.68. The molecule has 1 aromatic heterocycles. The Morgan fingerprint density at radius 2 is 1.80 bits per heavy atom. The van der Waals surface area contributed by atoms with Crippen LogP contribution in [0.5, 0.6) is 0 Å². The predicted molar refractivity (Wildman–Crippen MR) is 80.0 cm³/mol. The van der Waals surface area contributed by atoms with Crippen LogP contribution in [0.25, 0.3) is 0 Å². The van der Waals surface area contributed by atoms with Crippen LogP contribution < -0.4 is 11.5 Å². The Bertz CT molecular complexity index is 670. The zero-order valence-electron chi connectivity index (χ0n) is 11.0. The van der Waals surface area contributed by atoms with Gasteiger partial charge in [0, 0.05) is 22.0 Å². The molecule has 1 amide bonds. The number of carbonyl (C=O) groups excluding carboxylic acids is 1. The van der Waals surface area contributed by atoms with Gasteiger partial charge < -0.3 is 11.5 Å². The Morgan fingerprint density at radius 1 is 1.20 bits per heavy atom. The Hall–Kier alpha value is -1.79. The Morgan fingerprint density at radius 3 is 2.35 bits per heavy atom. The summed E-state index contributed by atoms with van der Waals surface area (Å²) in [7, 11) is 0. The number of nitrogens with zero attached hydrogens (tertiary/aromatic N) is 2. The van der Waals surface area contributed by atoms with E-state index in [0.29, 0.717) is 20.8 Å². The molecule has 0 aliphatic carbocycles. The van der Waals surface area contributed by atoms with Crippen LogP contribution in [-0.2, 0) is 0 Å². The van der Waals surface area contributed by atoms with Crippen LogP contribution in [0.1, 0.15) is 21.7 Å². The van der Waals surface area contributed by atoms with Crippen molar-refractivity contribution in [1.82, 2.24) is 9.97 Å². The van der Waals surface area contributed by atoms with E-state index in [4.69, 9.17) is 23.1 Å². The average Bonchev–Trinajstić information content (AvgIpc) is 2.30. The number of aromatic nitrogens is 2. The molecule has 2 aromatic rings. The number of nitrogen functional groups attached to an aromatic ring is 1. The van der Waals surface area contributed by atoms with E-state index in [1.54, 1.807) is 6.07 Å². The summed E-state index contributed by atoms with van der Waals surface area (Å²) in [5, 5.41) is 0.864. The molecule has 5 nitrogen and oxygen atoms in total. The van der Waals surface area contributed by atoms with E-state index in [1.165, 1.54) is 17.8 Å². The van der Waals surface area contributed by atoms with Gasteiger partial charge in [0.1, 0.15) is 0 Å². The van der Waals surface area contributed by atoms with E-state index in [1.807, 2.05) is 19.9 Å². The fourth-order valence-electron chi connectivity index (χ4n) is 1.73. The van der Waals surface area contributed by atoms with Gasteiger partial charge in [-0.3, -0.25) is 4.79 Å². The van der Waals surface area contributed by atoms with Crippen LogP contribution in [0, 0.1) is 13.8 Å². The minimum Gasteiger partial charge on any atom is -0.399 e. The second-order valence-corrected chi connectivity index (χ2v) is 5.66. The topological polar surface area (TPSA) is 94.9 Å². The second-order valence-electron chi connectivity index (χ2n) is 4.28.